The number of hydrogen-bond donors (Lipinski definition) is 3. The number of ether oxygens (including phenoxy) is 1. The highest BCUT2D eigenvalue weighted by Crippen LogP contribution is 2.25. The number of nitrogens with zero attached hydrogens (tertiary/aromatic N) is 1. The number of nitrogen functional groups attached to an aromatic ring is 1. The Balaban J connectivity index is 2.03. The SMILES string of the molecule is CC1OCCC1(O)CNC(=O)c1cc(N)cnc1Cl. The molecule has 0 bridgehead atoms. The maximum Gasteiger partial charge on any atom is 0.254 e. The van der Waals surface area contributed by atoms with Gasteiger partial charge in [-0.1, -0.05) is 11.6 Å². The Morgan fingerprint density at radius 3 is 3.16 bits per heavy atom. The third-order valence-corrected chi connectivity index (χ3v) is 3.62. The lowest BCUT2D eigenvalue weighted by molar-refractivity contribution is -0.0251. The van der Waals surface area contributed by atoms with E-state index in [4.69, 9.17) is 22.1 Å². The highest BCUT2D eigenvalue weighted by Gasteiger charge is 2.39. The van der Waals surface area contributed by atoms with Crippen molar-refractivity contribution in [3.63, 3.8) is 0 Å². The van der Waals surface area contributed by atoms with E-state index in [0.717, 1.165) is 0 Å². The van der Waals surface area contributed by atoms with E-state index in [1.807, 2.05) is 0 Å². The normalized spacial score (nSPS) is 26.4. The average molecular weight is 286 g/mol. The fraction of sp³-hybridized carbons (Fsp3) is 0.500. The zero-order chi connectivity index (χ0) is 14.0. The highest BCUT2D eigenvalue weighted by atomic mass is 35.5. The molecular formula is C12H16ClN3O3. The summed E-state index contributed by atoms with van der Waals surface area (Å²) >= 11 is 5.84. The molecule has 6 nitrogen and oxygen atoms in total. The van der Waals surface area contributed by atoms with E-state index < -0.39 is 11.5 Å². The van der Waals surface area contributed by atoms with E-state index in [2.05, 4.69) is 10.3 Å². The van der Waals surface area contributed by atoms with Gasteiger partial charge in [0.15, 0.2) is 0 Å². The minimum absolute atomic E-state index is 0.0782. The second-order valence-electron chi connectivity index (χ2n) is 4.66. The van der Waals surface area contributed by atoms with E-state index in [1.165, 1.54) is 12.3 Å². The Kier molecular flexibility index (Phi) is 3.93. The molecule has 0 saturated carbocycles. The first kappa shape index (κ1) is 14.0. The molecule has 0 radical (unpaired) electrons. The molecule has 1 aromatic rings. The lowest BCUT2D eigenvalue weighted by Gasteiger charge is -2.26. The first-order valence-corrected chi connectivity index (χ1v) is 6.33. The molecule has 1 fully saturated rings. The number of aromatic nitrogens is 1. The van der Waals surface area contributed by atoms with Gasteiger partial charge in [-0.25, -0.2) is 4.98 Å². The molecular weight excluding hydrogens is 270 g/mol. The van der Waals surface area contributed by atoms with E-state index in [0.29, 0.717) is 18.7 Å². The molecule has 2 atom stereocenters. The number of rotatable bonds is 3. The molecule has 1 aliphatic heterocycles. The molecule has 2 rings (SSSR count). The third-order valence-electron chi connectivity index (χ3n) is 3.32. The topological polar surface area (TPSA) is 97.5 Å². The largest absolute Gasteiger partial charge is 0.397 e. The molecule has 1 amide bonds. The summed E-state index contributed by atoms with van der Waals surface area (Å²) in [6, 6.07) is 1.45. The zero-order valence-corrected chi connectivity index (χ0v) is 11.3. The van der Waals surface area contributed by atoms with Gasteiger partial charge < -0.3 is 20.9 Å². The maximum absolute atomic E-state index is 12.0. The smallest absolute Gasteiger partial charge is 0.254 e. The molecule has 1 aromatic heterocycles. The van der Waals surface area contributed by atoms with Gasteiger partial charge in [0.05, 0.1) is 23.6 Å². The summed E-state index contributed by atoms with van der Waals surface area (Å²) in [5, 5.41) is 13.0. The van der Waals surface area contributed by atoms with Crippen LogP contribution < -0.4 is 11.1 Å². The Labute approximate surface area is 115 Å². The molecule has 2 unspecified atom stereocenters. The fourth-order valence-electron chi connectivity index (χ4n) is 1.95. The van der Waals surface area contributed by atoms with Crippen LogP contribution in [0.5, 0.6) is 0 Å². The summed E-state index contributed by atoms with van der Waals surface area (Å²) in [4.78, 5) is 15.8. The molecule has 0 aliphatic carbocycles. The Morgan fingerprint density at radius 2 is 2.53 bits per heavy atom. The number of carbonyl (C=O) groups excluding carboxylic acids is 1. The van der Waals surface area contributed by atoms with Gasteiger partial charge in [0.25, 0.3) is 5.91 Å². The highest BCUT2D eigenvalue weighted by molar-refractivity contribution is 6.32. The van der Waals surface area contributed by atoms with Crippen molar-refractivity contribution < 1.29 is 14.6 Å². The first-order valence-electron chi connectivity index (χ1n) is 5.95. The van der Waals surface area contributed by atoms with Crippen molar-refractivity contribution in [1.82, 2.24) is 10.3 Å². The van der Waals surface area contributed by atoms with Gasteiger partial charge in [0, 0.05) is 19.6 Å². The van der Waals surface area contributed by atoms with Gasteiger partial charge in [0.2, 0.25) is 0 Å². The minimum atomic E-state index is -1.05. The number of halogens is 1. The average Bonchev–Trinajstić information content (AvgIpc) is 2.70. The van der Waals surface area contributed by atoms with Crippen LogP contribution in [0.2, 0.25) is 5.15 Å². The van der Waals surface area contributed by atoms with Gasteiger partial charge in [-0.3, -0.25) is 4.79 Å². The first-order chi connectivity index (χ1) is 8.92. The van der Waals surface area contributed by atoms with Crippen molar-refractivity contribution in [2.45, 2.75) is 25.0 Å². The number of carbonyl (C=O) groups is 1. The molecule has 0 spiro atoms. The van der Waals surface area contributed by atoms with Gasteiger partial charge in [0.1, 0.15) is 10.8 Å². The fourth-order valence-corrected chi connectivity index (χ4v) is 2.14. The van der Waals surface area contributed by atoms with Crippen LogP contribution in [0.15, 0.2) is 12.3 Å². The summed E-state index contributed by atoms with van der Waals surface area (Å²) in [6.45, 7) is 2.35. The van der Waals surface area contributed by atoms with Crippen LogP contribution in [0.1, 0.15) is 23.7 Å². The summed E-state index contributed by atoms with van der Waals surface area (Å²) in [5.74, 6) is -0.419. The van der Waals surface area contributed by atoms with Crippen LogP contribution in [0.3, 0.4) is 0 Å². The third kappa shape index (κ3) is 2.97. The van der Waals surface area contributed by atoms with Crippen molar-refractivity contribution in [2.24, 2.45) is 0 Å². The molecule has 7 heteroatoms. The quantitative estimate of drug-likeness (QED) is 0.706. The van der Waals surface area contributed by atoms with Crippen LogP contribution in [0.4, 0.5) is 5.69 Å². The standard InChI is InChI=1S/C12H16ClN3O3/c1-7-12(18,2-3-19-7)6-16-11(17)9-4-8(14)5-15-10(9)13/h4-5,7,18H,2-3,6,14H2,1H3,(H,16,17). The number of pyridine rings is 1. The van der Waals surface area contributed by atoms with Crippen molar-refractivity contribution in [2.75, 3.05) is 18.9 Å². The Hall–Kier alpha value is -1.37. The second kappa shape index (κ2) is 5.32. The van der Waals surface area contributed by atoms with Crippen molar-refractivity contribution in [3.05, 3.63) is 23.0 Å². The molecule has 0 aromatic carbocycles. The molecule has 1 aliphatic rings. The minimum Gasteiger partial charge on any atom is -0.397 e. The van der Waals surface area contributed by atoms with Gasteiger partial charge in [-0.2, -0.15) is 0 Å². The van der Waals surface area contributed by atoms with Gasteiger partial charge >= 0.3 is 0 Å². The molecule has 4 N–H and O–H groups in total. The predicted molar refractivity (Wildman–Crippen MR) is 71.0 cm³/mol. The van der Waals surface area contributed by atoms with Gasteiger partial charge in [-0.05, 0) is 13.0 Å². The predicted octanol–water partition coefficient (Wildman–Crippen LogP) is 0.587. The summed E-state index contributed by atoms with van der Waals surface area (Å²) < 4.78 is 5.29. The zero-order valence-electron chi connectivity index (χ0n) is 10.5. The number of aliphatic hydroxyl groups is 1. The number of hydrogen-bond acceptors (Lipinski definition) is 5. The lowest BCUT2D eigenvalue weighted by Crippen LogP contribution is -2.47. The number of nitrogens with one attached hydrogen (secondary N) is 1. The van der Waals surface area contributed by atoms with Crippen LogP contribution >= 0.6 is 11.6 Å². The number of nitrogens with two attached hydrogens (primary N) is 1. The van der Waals surface area contributed by atoms with E-state index in [9.17, 15) is 9.90 Å². The summed E-state index contributed by atoms with van der Waals surface area (Å²) in [5.41, 5.74) is 5.06. The molecule has 1 saturated heterocycles. The summed E-state index contributed by atoms with van der Waals surface area (Å²) in [6.07, 6.45) is 1.54. The van der Waals surface area contributed by atoms with Crippen LogP contribution in [-0.2, 0) is 4.74 Å². The van der Waals surface area contributed by atoms with E-state index >= 15 is 0 Å². The molecule has 2 heterocycles. The van der Waals surface area contributed by atoms with E-state index in [-0.39, 0.29) is 23.4 Å². The Bertz CT molecular complexity index is 497. The van der Waals surface area contributed by atoms with Crippen molar-refractivity contribution in [1.29, 1.82) is 0 Å². The molecule has 104 valence electrons. The van der Waals surface area contributed by atoms with Crippen LogP contribution in [0.25, 0.3) is 0 Å². The van der Waals surface area contributed by atoms with E-state index in [1.54, 1.807) is 6.92 Å². The van der Waals surface area contributed by atoms with Crippen LogP contribution in [0, 0.1) is 0 Å². The van der Waals surface area contributed by atoms with Crippen molar-refractivity contribution >= 4 is 23.2 Å². The Morgan fingerprint density at radius 1 is 1.79 bits per heavy atom. The van der Waals surface area contributed by atoms with Gasteiger partial charge in [-0.15, -0.1) is 0 Å². The monoisotopic (exact) mass is 285 g/mol. The molecule has 19 heavy (non-hydrogen) atoms. The second-order valence-corrected chi connectivity index (χ2v) is 5.01. The lowest BCUT2D eigenvalue weighted by atomic mass is 9.96. The number of anilines is 1. The van der Waals surface area contributed by atoms with Crippen molar-refractivity contribution in [3.8, 4) is 0 Å². The maximum atomic E-state index is 12.0. The summed E-state index contributed by atoms with van der Waals surface area (Å²) in [7, 11) is 0. The van der Waals surface area contributed by atoms with Crippen LogP contribution in [-0.4, -0.2) is 40.9 Å². The number of amides is 1.